The van der Waals surface area contributed by atoms with Crippen molar-refractivity contribution < 1.29 is 15.7 Å². The Labute approximate surface area is 201 Å². The molecule has 2 atom stereocenters. The van der Waals surface area contributed by atoms with Gasteiger partial charge in [0.1, 0.15) is 11.7 Å². The molecule has 1 aromatic heterocycles. The molecule has 2 N–H and O–H groups in total. The third-order valence-corrected chi connectivity index (χ3v) is 7.18. The molecule has 1 aromatic carbocycles. The second kappa shape index (κ2) is 10.4. The number of fused-ring (bicyclic) bond motifs is 1. The summed E-state index contributed by atoms with van der Waals surface area (Å²) in [5.74, 6) is -0.562. The van der Waals surface area contributed by atoms with Gasteiger partial charge in [-0.1, -0.05) is 11.6 Å². The lowest BCUT2D eigenvalue weighted by atomic mass is 10.0. The molecule has 2 aliphatic heterocycles. The fourth-order valence-electron chi connectivity index (χ4n) is 4.79. The number of hydrogen-bond acceptors (Lipinski definition) is 5. The maximum absolute atomic E-state index is 13.4. The molecule has 3 heterocycles. The number of methoxy groups -OCH3 is 1. The maximum Gasteiger partial charge on any atom is 0.268 e. The van der Waals surface area contributed by atoms with Gasteiger partial charge in [0.25, 0.3) is 5.91 Å². The predicted molar refractivity (Wildman–Crippen MR) is 130 cm³/mol. The van der Waals surface area contributed by atoms with Gasteiger partial charge in [-0.25, -0.2) is 0 Å². The van der Waals surface area contributed by atoms with Crippen LogP contribution in [0.25, 0.3) is 10.9 Å². The molecule has 180 valence electrons. The third-order valence-electron chi connectivity index (χ3n) is 6.94. The number of piperidine rings is 1. The third kappa shape index (κ3) is 5.51. The van der Waals surface area contributed by atoms with Gasteiger partial charge in [0.15, 0.2) is 0 Å². The number of aromatic amines is 1. The number of amides is 2. The van der Waals surface area contributed by atoms with Crippen molar-refractivity contribution in [1.29, 1.82) is 0 Å². The number of hydrogen-bond donors (Lipinski definition) is 2. The normalized spacial score (nSPS) is 21.1. The van der Waals surface area contributed by atoms with Crippen molar-refractivity contribution >= 4 is 34.3 Å². The Balaban J connectivity index is 1.41. The molecule has 4 rings (SSSR count). The zero-order chi connectivity index (χ0) is 24.2. The lowest BCUT2D eigenvalue weighted by molar-refractivity contribution is -0.138. The van der Waals surface area contributed by atoms with Gasteiger partial charge in [-0.05, 0) is 64.2 Å². The molecule has 2 amide bonds. The smallest absolute Gasteiger partial charge is 0.268 e. The fraction of sp³-hybridized carbons (Fsp3) is 0.583. The van der Waals surface area contributed by atoms with E-state index in [0.29, 0.717) is 29.8 Å². The lowest BCUT2D eigenvalue weighted by Crippen LogP contribution is -2.59. The standard InChI is InChI=1S/C24H34ClN5O3/c1-16(33-3)22(27-23(31)21-15-17-14-18(25)4-5-20(17)26-21)24(32)30-12-10-29(11-13-30)19-6-8-28(2)9-7-19/h4-5,14-16,19,22,26H,6-13H2,1-3H3,(H,27,31)/t16-,22-/m0/s1/i3D. The molecule has 33 heavy (non-hydrogen) atoms. The molecule has 8 nitrogen and oxygen atoms in total. The largest absolute Gasteiger partial charge is 0.379 e. The van der Waals surface area contributed by atoms with E-state index in [1.165, 1.54) is 0 Å². The molecule has 0 unspecified atom stereocenters. The molecule has 0 aliphatic carbocycles. The number of nitrogens with zero attached hydrogens (tertiary/aromatic N) is 3. The predicted octanol–water partition coefficient (Wildman–Crippen LogP) is 2.19. The minimum atomic E-state index is -0.872. The number of rotatable bonds is 6. The van der Waals surface area contributed by atoms with E-state index >= 15 is 0 Å². The van der Waals surface area contributed by atoms with Crippen molar-refractivity contribution in [1.82, 2.24) is 25.0 Å². The van der Waals surface area contributed by atoms with Crippen LogP contribution in [-0.4, -0.2) is 103 Å². The van der Waals surface area contributed by atoms with Crippen LogP contribution < -0.4 is 5.32 Å². The Morgan fingerprint density at radius 1 is 1.18 bits per heavy atom. The van der Waals surface area contributed by atoms with E-state index in [4.69, 9.17) is 17.7 Å². The van der Waals surface area contributed by atoms with Crippen LogP contribution in [0.1, 0.15) is 31.6 Å². The quantitative estimate of drug-likeness (QED) is 0.668. The monoisotopic (exact) mass is 476 g/mol. The summed E-state index contributed by atoms with van der Waals surface area (Å²) in [6, 6.07) is 6.76. The fourth-order valence-corrected chi connectivity index (χ4v) is 4.97. The summed E-state index contributed by atoms with van der Waals surface area (Å²) >= 11 is 6.06. The molecule has 2 aromatic rings. The summed E-state index contributed by atoms with van der Waals surface area (Å²) in [6.45, 7) is 6.84. The second-order valence-electron chi connectivity index (χ2n) is 9.13. The highest BCUT2D eigenvalue weighted by Gasteiger charge is 2.34. The van der Waals surface area contributed by atoms with Crippen molar-refractivity contribution in [2.75, 3.05) is 53.4 Å². The summed E-state index contributed by atoms with van der Waals surface area (Å²) in [5.41, 5.74) is 1.14. The molecule has 0 spiro atoms. The summed E-state index contributed by atoms with van der Waals surface area (Å²) < 4.78 is 12.8. The van der Waals surface area contributed by atoms with Gasteiger partial charge in [0, 0.05) is 55.2 Å². The highest BCUT2D eigenvalue weighted by molar-refractivity contribution is 6.31. The van der Waals surface area contributed by atoms with Gasteiger partial charge in [0.05, 0.1) is 7.47 Å². The van der Waals surface area contributed by atoms with E-state index in [9.17, 15) is 9.59 Å². The molecule has 9 heteroatoms. The number of carbonyl (C=O) groups excluding carboxylic acids is 2. The van der Waals surface area contributed by atoms with Gasteiger partial charge in [-0.2, -0.15) is 0 Å². The first-order valence-corrected chi connectivity index (χ1v) is 11.9. The number of carbonyl (C=O) groups is 2. The van der Waals surface area contributed by atoms with Crippen LogP contribution in [0.2, 0.25) is 5.02 Å². The number of likely N-dealkylation sites (tertiary alicyclic amines) is 1. The van der Waals surface area contributed by atoms with E-state index in [0.717, 1.165) is 49.9 Å². The molecule has 0 radical (unpaired) electrons. The number of nitrogens with one attached hydrogen (secondary N) is 2. The van der Waals surface area contributed by atoms with Crippen molar-refractivity contribution in [2.45, 2.75) is 38.0 Å². The molecule has 0 saturated carbocycles. The number of H-pyrrole nitrogens is 1. The number of aromatic nitrogens is 1. The van der Waals surface area contributed by atoms with Crippen LogP contribution in [0.3, 0.4) is 0 Å². The molecular weight excluding hydrogens is 442 g/mol. The summed E-state index contributed by atoms with van der Waals surface area (Å²) in [7, 11) is 1.88. The number of benzene rings is 1. The van der Waals surface area contributed by atoms with Crippen LogP contribution >= 0.6 is 11.6 Å². The van der Waals surface area contributed by atoms with Crippen LogP contribution in [0.4, 0.5) is 0 Å². The Hall–Kier alpha value is -2.13. The molecule has 2 saturated heterocycles. The SMILES string of the molecule is [2H]CO[C@@H](C)[C@H](NC(=O)c1cc2cc(Cl)ccc2[nH]1)C(=O)N1CCN(C2CCN(C)CC2)CC1. The second-order valence-corrected chi connectivity index (χ2v) is 9.57. The van der Waals surface area contributed by atoms with Crippen LogP contribution in [-0.2, 0) is 9.53 Å². The zero-order valence-electron chi connectivity index (χ0n) is 20.3. The highest BCUT2D eigenvalue weighted by Crippen LogP contribution is 2.21. The number of halogens is 1. The minimum Gasteiger partial charge on any atom is -0.379 e. The average molecular weight is 477 g/mol. The number of piperazine rings is 1. The Morgan fingerprint density at radius 2 is 1.91 bits per heavy atom. The van der Waals surface area contributed by atoms with Crippen molar-refractivity contribution in [2.24, 2.45) is 0 Å². The molecule has 2 fully saturated rings. The molecular formula is C24H34ClN5O3. The zero-order valence-corrected chi connectivity index (χ0v) is 20.1. The lowest BCUT2D eigenvalue weighted by Gasteiger charge is -2.43. The van der Waals surface area contributed by atoms with Gasteiger partial charge in [-0.3, -0.25) is 14.5 Å². The van der Waals surface area contributed by atoms with Crippen LogP contribution in [0.5, 0.6) is 0 Å². The summed E-state index contributed by atoms with van der Waals surface area (Å²) in [5, 5.41) is 4.25. The van der Waals surface area contributed by atoms with Gasteiger partial charge in [-0.15, -0.1) is 0 Å². The van der Waals surface area contributed by atoms with Gasteiger partial charge >= 0.3 is 0 Å². The van der Waals surface area contributed by atoms with Gasteiger partial charge < -0.3 is 24.8 Å². The first-order valence-electron chi connectivity index (χ1n) is 12.3. The number of ether oxygens (including phenoxy) is 1. The Morgan fingerprint density at radius 3 is 2.61 bits per heavy atom. The molecule has 0 bridgehead atoms. The van der Waals surface area contributed by atoms with E-state index in [1.807, 2.05) is 11.0 Å². The maximum atomic E-state index is 13.4. The topological polar surface area (TPSA) is 80.9 Å². The molecule has 2 aliphatic rings. The van der Waals surface area contributed by atoms with E-state index in [-0.39, 0.29) is 13.0 Å². The summed E-state index contributed by atoms with van der Waals surface area (Å²) in [4.78, 5) is 36.2. The Bertz CT molecular complexity index is 1000. The van der Waals surface area contributed by atoms with Crippen LogP contribution in [0.15, 0.2) is 24.3 Å². The van der Waals surface area contributed by atoms with Crippen LogP contribution in [0, 0.1) is 0 Å². The van der Waals surface area contributed by atoms with Crippen molar-refractivity contribution in [3.8, 4) is 0 Å². The van der Waals surface area contributed by atoms with E-state index in [1.54, 1.807) is 25.1 Å². The highest BCUT2D eigenvalue weighted by atomic mass is 35.5. The van der Waals surface area contributed by atoms with Crippen molar-refractivity contribution in [3.05, 3.63) is 35.0 Å². The minimum absolute atomic E-state index is 0.170. The first-order chi connectivity index (χ1) is 16.4. The first kappa shape index (κ1) is 22.7. The summed E-state index contributed by atoms with van der Waals surface area (Å²) in [6.07, 6.45) is 1.69. The van der Waals surface area contributed by atoms with Crippen molar-refractivity contribution in [3.63, 3.8) is 0 Å². The Kier molecular flexibility index (Phi) is 7.16. The van der Waals surface area contributed by atoms with E-state index in [2.05, 4.69) is 27.1 Å². The average Bonchev–Trinajstić information content (AvgIpc) is 3.26. The van der Waals surface area contributed by atoms with Gasteiger partial charge in [0.2, 0.25) is 5.91 Å². The van der Waals surface area contributed by atoms with E-state index < -0.39 is 18.1 Å².